The molecule has 2 N–H and O–H groups in total. The summed E-state index contributed by atoms with van der Waals surface area (Å²) in [6.45, 7) is 10.5. The van der Waals surface area contributed by atoms with Gasteiger partial charge in [-0.3, -0.25) is 0 Å². The smallest absolute Gasteiger partial charge is 0.407 e. The Bertz CT molecular complexity index is 491. The summed E-state index contributed by atoms with van der Waals surface area (Å²) in [6, 6.07) is 0. The van der Waals surface area contributed by atoms with Gasteiger partial charge in [0.15, 0.2) is 5.16 Å². The number of aryl methyl sites for hydroxylation is 1. The highest BCUT2D eigenvalue weighted by Gasteiger charge is 2.15. The fraction of sp³-hybridized carbons (Fsp3) is 0.714. The van der Waals surface area contributed by atoms with Crippen molar-refractivity contribution < 1.29 is 9.53 Å². The average molecular weight is 327 g/mol. The number of thioether (sulfide) groups is 1. The fourth-order valence-corrected chi connectivity index (χ4v) is 2.06. The predicted octanol–water partition coefficient (Wildman–Crippen LogP) is 2.48. The zero-order valence-corrected chi connectivity index (χ0v) is 14.7. The van der Waals surface area contributed by atoms with Gasteiger partial charge in [0, 0.05) is 19.5 Å². The van der Waals surface area contributed by atoms with Gasteiger partial charge in [-0.2, -0.15) is 9.97 Å². The molecule has 22 heavy (non-hydrogen) atoms. The molecule has 0 atom stereocenters. The van der Waals surface area contributed by atoms with E-state index in [1.165, 1.54) is 0 Å². The fourth-order valence-electron chi connectivity index (χ4n) is 1.48. The van der Waals surface area contributed by atoms with Gasteiger partial charge in [-0.1, -0.05) is 25.6 Å². The molecular formula is C14H25N5O2S. The lowest BCUT2D eigenvalue weighted by atomic mass is 10.2. The van der Waals surface area contributed by atoms with Gasteiger partial charge >= 0.3 is 6.09 Å². The van der Waals surface area contributed by atoms with Gasteiger partial charge in [-0.25, -0.2) is 9.78 Å². The largest absolute Gasteiger partial charge is 0.444 e. The molecule has 0 aliphatic rings. The van der Waals surface area contributed by atoms with Crippen LogP contribution in [0.5, 0.6) is 0 Å². The highest BCUT2D eigenvalue weighted by molar-refractivity contribution is 7.99. The zero-order valence-electron chi connectivity index (χ0n) is 13.9. The first-order valence-electron chi connectivity index (χ1n) is 7.42. The second kappa shape index (κ2) is 8.77. The third-order valence-electron chi connectivity index (χ3n) is 2.33. The number of aromatic nitrogens is 3. The van der Waals surface area contributed by atoms with Crippen LogP contribution in [0, 0.1) is 0 Å². The number of carbonyl (C=O) groups excluding carboxylic acids is 1. The summed E-state index contributed by atoms with van der Waals surface area (Å²) in [7, 11) is 0. The van der Waals surface area contributed by atoms with E-state index in [2.05, 4.69) is 32.5 Å². The van der Waals surface area contributed by atoms with Crippen molar-refractivity contribution in [3.63, 3.8) is 0 Å². The van der Waals surface area contributed by atoms with Gasteiger partial charge < -0.3 is 15.4 Å². The summed E-state index contributed by atoms with van der Waals surface area (Å²) in [5.41, 5.74) is -0.492. The molecule has 0 radical (unpaired) electrons. The lowest BCUT2D eigenvalue weighted by Gasteiger charge is -2.19. The van der Waals surface area contributed by atoms with Crippen molar-refractivity contribution in [1.82, 2.24) is 20.3 Å². The van der Waals surface area contributed by atoms with Gasteiger partial charge in [0.1, 0.15) is 11.4 Å². The van der Waals surface area contributed by atoms with Crippen LogP contribution in [0.3, 0.4) is 0 Å². The Morgan fingerprint density at radius 2 is 1.91 bits per heavy atom. The number of hydrogen-bond donors (Lipinski definition) is 2. The van der Waals surface area contributed by atoms with Crippen LogP contribution in [-0.4, -0.2) is 45.5 Å². The number of nitrogens with zero attached hydrogens (tertiary/aromatic N) is 3. The van der Waals surface area contributed by atoms with E-state index in [1.807, 2.05) is 27.7 Å². The number of alkyl carbamates (subject to hydrolysis) is 1. The maximum absolute atomic E-state index is 11.5. The summed E-state index contributed by atoms with van der Waals surface area (Å²) in [6.07, 6.45) is 0.325. The Kier molecular flexibility index (Phi) is 7.37. The van der Waals surface area contributed by atoms with Gasteiger partial charge in [0.05, 0.1) is 0 Å². The number of carbonyl (C=O) groups is 1. The SMILES string of the molecule is CCSc1nc(CC)nc(NCCNC(=O)OC(C)(C)C)n1. The van der Waals surface area contributed by atoms with Crippen LogP contribution in [0.4, 0.5) is 10.7 Å². The van der Waals surface area contributed by atoms with E-state index in [-0.39, 0.29) is 0 Å². The van der Waals surface area contributed by atoms with Crippen LogP contribution >= 0.6 is 11.8 Å². The number of amides is 1. The van der Waals surface area contributed by atoms with Crippen LogP contribution < -0.4 is 10.6 Å². The zero-order chi connectivity index (χ0) is 16.6. The lowest BCUT2D eigenvalue weighted by molar-refractivity contribution is 0.0530. The summed E-state index contributed by atoms with van der Waals surface area (Å²) in [5.74, 6) is 2.20. The Labute approximate surface area is 136 Å². The first-order valence-corrected chi connectivity index (χ1v) is 8.41. The summed E-state index contributed by atoms with van der Waals surface area (Å²) < 4.78 is 5.16. The van der Waals surface area contributed by atoms with Gasteiger partial charge in [-0.05, 0) is 26.5 Å². The Hall–Kier alpha value is -1.57. The number of ether oxygens (including phenoxy) is 1. The van der Waals surface area contributed by atoms with E-state index in [0.717, 1.165) is 23.2 Å². The van der Waals surface area contributed by atoms with Crippen LogP contribution in [0.2, 0.25) is 0 Å². The highest BCUT2D eigenvalue weighted by Crippen LogP contribution is 2.14. The predicted molar refractivity (Wildman–Crippen MR) is 88.3 cm³/mol. The van der Waals surface area contributed by atoms with Crippen molar-refractivity contribution in [2.24, 2.45) is 0 Å². The van der Waals surface area contributed by atoms with Crippen molar-refractivity contribution in [2.45, 2.75) is 51.8 Å². The van der Waals surface area contributed by atoms with E-state index < -0.39 is 11.7 Å². The second-order valence-electron chi connectivity index (χ2n) is 5.50. The minimum Gasteiger partial charge on any atom is -0.444 e. The normalized spacial score (nSPS) is 11.1. The van der Waals surface area contributed by atoms with Crippen molar-refractivity contribution >= 4 is 23.8 Å². The molecule has 1 aromatic rings. The third-order valence-corrected chi connectivity index (χ3v) is 3.06. The average Bonchev–Trinajstić information content (AvgIpc) is 2.42. The Morgan fingerprint density at radius 3 is 2.50 bits per heavy atom. The molecule has 0 aliphatic carbocycles. The molecule has 8 heteroatoms. The number of nitrogens with one attached hydrogen (secondary N) is 2. The Morgan fingerprint density at radius 1 is 1.18 bits per heavy atom. The van der Waals surface area contributed by atoms with Crippen molar-refractivity contribution in [3.8, 4) is 0 Å². The molecule has 0 bridgehead atoms. The first kappa shape index (κ1) is 18.5. The molecule has 0 saturated carbocycles. The summed E-state index contributed by atoms with van der Waals surface area (Å²) in [5, 5.41) is 6.49. The maximum atomic E-state index is 11.5. The van der Waals surface area contributed by atoms with Crippen molar-refractivity contribution in [3.05, 3.63) is 5.82 Å². The van der Waals surface area contributed by atoms with Crippen LogP contribution in [0.15, 0.2) is 5.16 Å². The van der Waals surface area contributed by atoms with Gasteiger partial charge in [0.2, 0.25) is 5.95 Å². The summed E-state index contributed by atoms with van der Waals surface area (Å²) >= 11 is 1.58. The number of hydrogen-bond acceptors (Lipinski definition) is 7. The third kappa shape index (κ3) is 7.44. The van der Waals surface area contributed by atoms with Crippen molar-refractivity contribution in [1.29, 1.82) is 0 Å². The lowest BCUT2D eigenvalue weighted by Crippen LogP contribution is -2.35. The molecule has 7 nitrogen and oxygen atoms in total. The van der Waals surface area contributed by atoms with Crippen molar-refractivity contribution in [2.75, 3.05) is 24.2 Å². The molecule has 0 aliphatic heterocycles. The van der Waals surface area contributed by atoms with Crippen LogP contribution in [0.25, 0.3) is 0 Å². The topological polar surface area (TPSA) is 89.0 Å². The second-order valence-corrected chi connectivity index (χ2v) is 6.73. The molecule has 0 spiro atoms. The molecule has 1 rings (SSSR count). The molecule has 0 saturated heterocycles. The van der Waals surface area contributed by atoms with E-state index in [9.17, 15) is 4.79 Å². The molecule has 1 aromatic heterocycles. The minimum absolute atomic E-state index is 0.429. The van der Waals surface area contributed by atoms with E-state index in [4.69, 9.17) is 4.74 Å². The Balaban J connectivity index is 2.44. The molecule has 1 amide bonds. The van der Waals surface area contributed by atoms with E-state index in [0.29, 0.717) is 19.0 Å². The highest BCUT2D eigenvalue weighted by atomic mass is 32.2. The molecule has 0 aromatic carbocycles. The van der Waals surface area contributed by atoms with E-state index in [1.54, 1.807) is 11.8 Å². The number of anilines is 1. The van der Waals surface area contributed by atoms with Crippen LogP contribution in [0.1, 0.15) is 40.4 Å². The van der Waals surface area contributed by atoms with Crippen LogP contribution in [-0.2, 0) is 11.2 Å². The first-order chi connectivity index (χ1) is 10.3. The molecule has 0 fully saturated rings. The number of rotatable bonds is 7. The van der Waals surface area contributed by atoms with Gasteiger partial charge in [-0.15, -0.1) is 0 Å². The van der Waals surface area contributed by atoms with Gasteiger partial charge in [0.25, 0.3) is 0 Å². The monoisotopic (exact) mass is 327 g/mol. The summed E-state index contributed by atoms with van der Waals surface area (Å²) in [4.78, 5) is 24.5. The minimum atomic E-state index is -0.492. The quantitative estimate of drug-likeness (QED) is 0.587. The van der Waals surface area contributed by atoms with E-state index >= 15 is 0 Å². The standard InChI is InChI=1S/C14H25N5O2S/c1-6-10-17-11(19-12(18-10)22-7-2)15-8-9-16-13(20)21-14(3,4)5/h6-9H2,1-5H3,(H,16,20)(H,15,17,18,19). The maximum Gasteiger partial charge on any atom is 0.407 e. The molecule has 1 heterocycles. The molecule has 124 valence electrons. The molecule has 0 unspecified atom stereocenters. The molecular weight excluding hydrogens is 302 g/mol.